The van der Waals surface area contributed by atoms with Crippen LogP contribution in [0.25, 0.3) is 22.0 Å². The van der Waals surface area contributed by atoms with Crippen molar-refractivity contribution in [1.29, 1.82) is 0 Å². The van der Waals surface area contributed by atoms with Gasteiger partial charge in [-0.1, -0.05) is 60.7 Å². The first kappa shape index (κ1) is 26.5. The summed E-state index contributed by atoms with van der Waals surface area (Å²) in [7, 11) is 0. The van der Waals surface area contributed by atoms with Crippen LogP contribution < -0.4 is 10.1 Å². The molecule has 1 amide bonds. The zero-order valence-electron chi connectivity index (χ0n) is 22.0. The monoisotopic (exact) mass is 553 g/mol. The van der Waals surface area contributed by atoms with Crippen molar-refractivity contribution >= 4 is 22.7 Å². The topological polar surface area (TPSA) is 54.5 Å². The lowest BCUT2D eigenvalue weighted by atomic mass is 9.99. The SMILES string of the molecule is O=C(Nc1ccc2c(c1)CCN(Cc1ccc3ccccc3n1)C2)Oc1ccccc1-c1ccc(C(F)(F)F)cc1. The van der Waals surface area contributed by atoms with Gasteiger partial charge in [-0.2, -0.15) is 13.2 Å². The number of aromatic nitrogens is 1. The lowest BCUT2D eigenvalue weighted by molar-refractivity contribution is -0.137. The van der Waals surface area contributed by atoms with Crippen LogP contribution in [0.5, 0.6) is 5.75 Å². The molecule has 0 saturated heterocycles. The Bertz CT molecular complexity index is 1720. The van der Waals surface area contributed by atoms with E-state index < -0.39 is 17.8 Å². The van der Waals surface area contributed by atoms with Gasteiger partial charge in [0.05, 0.1) is 16.8 Å². The zero-order valence-corrected chi connectivity index (χ0v) is 22.0. The van der Waals surface area contributed by atoms with Crippen LogP contribution in [0.4, 0.5) is 23.7 Å². The summed E-state index contributed by atoms with van der Waals surface area (Å²) in [5.74, 6) is 0.251. The van der Waals surface area contributed by atoms with Crippen molar-refractivity contribution in [2.75, 3.05) is 11.9 Å². The molecule has 2 heterocycles. The van der Waals surface area contributed by atoms with E-state index >= 15 is 0 Å². The minimum atomic E-state index is -4.42. The number of fused-ring (bicyclic) bond motifs is 2. The maximum atomic E-state index is 13.0. The predicted molar refractivity (Wildman–Crippen MR) is 153 cm³/mol. The Morgan fingerprint density at radius 3 is 2.49 bits per heavy atom. The van der Waals surface area contributed by atoms with Crippen LogP contribution >= 0.6 is 0 Å². The first-order chi connectivity index (χ1) is 19.8. The van der Waals surface area contributed by atoms with Crippen molar-refractivity contribution in [2.45, 2.75) is 25.7 Å². The summed E-state index contributed by atoms with van der Waals surface area (Å²) >= 11 is 0. The number of para-hydroxylation sites is 2. The number of nitrogens with zero attached hydrogens (tertiary/aromatic N) is 2. The molecule has 1 N–H and O–H groups in total. The van der Waals surface area contributed by atoms with Gasteiger partial charge in [-0.25, -0.2) is 4.79 Å². The molecule has 0 radical (unpaired) electrons. The van der Waals surface area contributed by atoms with Crippen LogP contribution in [0.15, 0.2) is 103 Å². The Labute approximate surface area is 235 Å². The van der Waals surface area contributed by atoms with Crippen molar-refractivity contribution in [3.05, 3.63) is 126 Å². The first-order valence-corrected chi connectivity index (χ1v) is 13.3. The summed E-state index contributed by atoms with van der Waals surface area (Å²) in [6.45, 7) is 2.42. The van der Waals surface area contributed by atoms with Gasteiger partial charge < -0.3 is 4.74 Å². The van der Waals surface area contributed by atoms with E-state index in [1.807, 2.05) is 36.4 Å². The summed E-state index contributed by atoms with van der Waals surface area (Å²) in [4.78, 5) is 19.9. The number of hydrogen-bond acceptors (Lipinski definition) is 4. The minimum Gasteiger partial charge on any atom is -0.409 e. The van der Waals surface area contributed by atoms with Gasteiger partial charge in [0.2, 0.25) is 0 Å². The predicted octanol–water partition coefficient (Wildman–Crippen LogP) is 8.09. The van der Waals surface area contributed by atoms with E-state index in [1.54, 1.807) is 24.3 Å². The fourth-order valence-electron chi connectivity index (χ4n) is 5.13. The number of rotatable bonds is 5. The summed E-state index contributed by atoms with van der Waals surface area (Å²) in [6, 6.07) is 29.6. The van der Waals surface area contributed by atoms with Crippen LogP contribution in [-0.2, 0) is 25.7 Å². The number of carbonyl (C=O) groups is 1. The molecule has 0 bridgehead atoms. The number of halogens is 3. The molecule has 0 saturated carbocycles. The highest BCUT2D eigenvalue weighted by Gasteiger charge is 2.30. The van der Waals surface area contributed by atoms with Crippen molar-refractivity contribution in [3.8, 4) is 16.9 Å². The molecular formula is C33H26F3N3O2. The van der Waals surface area contributed by atoms with E-state index in [9.17, 15) is 18.0 Å². The third-order valence-electron chi connectivity index (χ3n) is 7.20. The summed E-state index contributed by atoms with van der Waals surface area (Å²) < 4.78 is 44.4. The minimum absolute atomic E-state index is 0.251. The third-order valence-corrected chi connectivity index (χ3v) is 7.20. The van der Waals surface area contributed by atoms with E-state index in [2.05, 4.69) is 28.4 Å². The van der Waals surface area contributed by atoms with Gasteiger partial charge in [-0.3, -0.25) is 15.2 Å². The Morgan fingerprint density at radius 2 is 1.66 bits per heavy atom. The quantitative estimate of drug-likeness (QED) is 0.239. The number of alkyl halides is 3. The molecule has 4 aromatic carbocycles. The van der Waals surface area contributed by atoms with Crippen LogP contribution in [0.1, 0.15) is 22.4 Å². The molecule has 41 heavy (non-hydrogen) atoms. The largest absolute Gasteiger partial charge is 0.417 e. The molecular weight excluding hydrogens is 527 g/mol. The second-order valence-corrected chi connectivity index (χ2v) is 10.0. The molecule has 1 aromatic heterocycles. The maximum Gasteiger partial charge on any atom is 0.417 e. The number of carbonyl (C=O) groups excluding carboxylic acids is 1. The van der Waals surface area contributed by atoms with Crippen LogP contribution in [0.3, 0.4) is 0 Å². The van der Waals surface area contributed by atoms with Gasteiger partial charge in [0, 0.05) is 36.3 Å². The lowest BCUT2D eigenvalue weighted by Crippen LogP contribution is -2.30. The van der Waals surface area contributed by atoms with Crippen LogP contribution in [-0.4, -0.2) is 22.5 Å². The molecule has 5 aromatic rings. The highest BCUT2D eigenvalue weighted by Crippen LogP contribution is 2.34. The molecule has 0 aliphatic carbocycles. The molecule has 6 rings (SSSR count). The molecule has 0 fully saturated rings. The number of amides is 1. The third kappa shape index (κ3) is 6.07. The summed E-state index contributed by atoms with van der Waals surface area (Å²) in [6.07, 6.45) is -4.26. The molecule has 206 valence electrons. The fourth-order valence-corrected chi connectivity index (χ4v) is 5.13. The van der Waals surface area contributed by atoms with E-state index in [0.29, 0.717) is 16.8 Å². The van der Waals surface area contributed by atoms with E-state index in [0.717, 1.165) is 60.3 Å². The molecule has 0 unspecified atom stereocenters. The Kier molecular flexibility index (Phi) is 7.15. The highest BCUT2D eigenvalue weighted by atomic mass is 19.4. The van der Waals surface area contributed by atoms with Crippen molar-refractivity contribution in [2.24, 2.45) is 0 Å². The maximum absolute atomic E-state index is 13.0. The van der Waals surface area contributed by atoms with Gasteiger partial charge in [-0.05, 0) is 65.6 Å². The van der Waals surface area contributed by atoms with Gasteiger partial charge in [0.15, 0.2) is 0 Å². The molecule has 0 spiro atoms. The number of hydrogen-bond donors (Lipinski definition) is 1. The second kappa shape index (κ2) is 11.1. The highest BCUT2D eigenvalue weighted by molar-refractivity contribution is 5.88. The Morgan fingerprint density at radius 1 is 0.878 bits per heavy atom. The lowest BCUT2D eigenvalue weighted by Gasteiger charge is -2.29. The number of nitrogens with one attached hydrogen (secondary N) is 1. The van der Waals surface area contributed by atoms with Crippen molar-refractivity contribution in [1.82, 2.24) is 9.88 Å². The van der Waals surface area contributed by atoms with E-state index in [-0.39, 0.29) is 5.75 Å². The molecule has 1 aliphatic rings. The van der Waals surface area contributed by atoms with Gasteiger partial charge >= 0.3 is 12.3 Å². The molecule has 0 atom stereocenters. The van der Waals surface area contributed by atoms with Gasteiger partial charge in [0.25, 0.3) is 0 Å². The van der Waals surface area contributed by atoms with Gasteiger partial charge in [0.1, 0.15) is 5.75 Å². The Hall–Kier alpha value is -4.69. The smallest absolute Gasteiger partial charge is 0.409 e. The summed E-state index contributed by atoms with van der Waals surface area (Å²) in [5.41, 5.74) is 5.29. The zero-order chi connectivity index (χ0) is 28.4. The number of pyridine rings is 1. The average Bonchev–Trinajstić information content (AvgIpc) is 2.97. The van der Waals surface area contributed by atoms with Crippen LogP contribution in [0, 0.1) is 0 Å². The number of anilines is 1. The van der Waals surface area contributed by atoms with Crippen molar-refractivity contribution < 1.29 is 22.7 Å². The normalized spacial score (nSPS) is 13.5. The van der Waals surface area contributed by atoms with E-state index in [1.165, 1.54) is 17.7 Å². The number of ether oxygens (including phenoxy) is 1. The summed E-state index contributed by atoms with van der Waals surface area (Å²) in [5, 5.41) is 3.91. The standard InChI is InChI=1S/C33H26F3N3O2/c34-33(35,36)26-13-9-22(10-14-26)29-6-2-4-8-31(29)41-32(40)38-27-15-12-25-20-39(18-17-24(25)19-27)21-28-16-11-23-5-1-3-7-30(23)37-28/h1-16,19H,17-18,20-21H2,(H,38,40). The fraction of sp³-hybridized carbons (Fsp3) is 0.152. The Balaban J connectivity index is 1.10. The van der Waals surface area contributed by atoms with Gasteiger partial charge in [-0.15, -0.1) is 0 Å². The average molecular weight is 554 g/mol. The van der Waals surface area contributed by atoms with Crippen LogP contribution in [0.2, 0.25) is 0 Å². The molecule has 5 nitrogen and oxygen atoms in total. The first-order valence-electron chi connectivity index (χ1n) is 13.3. The number of benzene rings is 4. The van der Waals surface area contributed by atoms with E-state index in [4.69, 9.17) is 9.72 Å². The second-order valence-electron chi connectivity index (χ2n) is 10.0. The molecule has 8 heteroatoms. The van der Waals surface area contributed by atoms with Crippen molar-refractivity contribution in [3.63, 3.8) is 0 Å². The molecule has 1 aliphatic heterocycles.